The van der Waals surface area contributed by atoms with Crippen LogP contribution in [0.1, 0.15) is 11.1 Å². The summed E-state index contributed by atoms with van der Waals surface area (Å²) in [6, 6.07) is 3.21. The van der Waals surface area contributed by atoms with Crippen LogP contribution in [0.25, 0.3) is 0 Å². The molecule has 2 aromatic rings. The summed E-state index contributed by atoms with van der Waals surface area (Å²) < 4.78 is 111. The van der Waals surface area contributed by atoms with Gasteiger partial charge in [-0.3, -0.25) is 0 Å². The van der Waals surface area contributed by atoms with E-state index in [9.17, 15) is 45.0 Å². The number of halogens is 6. The Bertz CT molecular complexity index is 1230. The number of β-amino-alcohol motifs (C(OH)–C–C–N with tert-alkyl or cyclic N) is 1. The molecule has 1 fully saturated rings. The Balaban J connectivity index is 1.96. The minimum absolute atomic E-state index is 0.160. The van der Waals surface area contributed by atoms with Gasteiger partial charge in [0.15, 0.2) is 23.2 Å². The number of alkyl halides is 3. The van der Waals surface area contributed by atoms with Crippen LogP contribution < -0.4 is 4.74 Å². The first-order valence-corrected chi connectivity index (χ1v) is 10.4. The van der Waals surface area contributed by atoms with Crippen molar-refractivity contribution in [1.82, 2.24) is 4.31 Å². The van der Waals surface area contributed by atoms with Gasteiger partial charge in [0.05, 0.1) is 29.2 Å². The standard InChI is InChI=1S/C19H14F6N2O5S/c20-12-4-14(22)15(5-13(12)21)32-17-7-27(8-18(17,29)9-28)33(30,31)16-2-1-11(19(23,24)25)3-10(16)6-26/h1-5,17,28-29H,7-9H2/t17-,18+/m0/s1. The molecular weight excluding hydrogens is 482 g/mol. The molecule has 178 valence electrons. The average Bonchev–Trinajstić information content (AvgIpc) is 3.08. The topological polar surface area (TPSA) is 111 Å². The van der Waals surface area contributed by atoms with Crippen LogP contribution in [0.15, 0.2) is 35.2 Å². The molecule has 0 amide bonds. The highest BCUT2D eigenvalue weighted by atomic mass is 32.2. The third-order valence-corrected chi connectivity index (χ3v) is 6.85. The fourth-order valence-corrected chi connectivity index (χ4v) is 4.84. The van der Waals surface area contributed by atoms with Crippen LogP contribution in [0.2, 0.25) is 0 Å². The van der Waals surface area contributed by atoms with Gasteiger partial charge in [-0.05, 0) is 18.2 Å². The summed E-state index contributed by atoms with van der Waals surface area (Å²) in [6.07, 6.45) is -6.52. The maximum Gasteiger partial charge on any atom is 0.416 e. The zero-order valence-electron chi connectivity index (χ0n) is 16.3. The number of sulfonamides is 1. The average molecular weight is 496 g/mol. The SMILES string of the molecule is N#Cc1cc(C(F)(F)F)ccc1S(=O)(=O)N1C[C@H](Oc2cc(F)c(F)cc2F)[C@](O)(CO)C1. The number of aliphatic hydroxyl groups is 2. The van der Waals surface area contributed by atoms with Crippen molar-refractivity contribution in [3.8, 4) is 11.8 Å². The number of ether oxygens (including phenoxy) is 1. The van der Waals surface area contributed by atoms with Crippen LogP contribution in [0.3, 0.4) is 0 Å². The lowest BCUT2D eigenvalue weighted by atomic mass is 10.0. The molecule has 2 atom stereocenters. The monoisotopic (exact) mass is 496 g/mol. The highest BCUT2D eigenvalue weighted by molar-refractivity contribution is 7.89. The summed E-state index contributed by atoms with van der Waals surface area (Å²) >= 11 is 0. The molecule has 0 unspecified atom stereocenters. The lowest BCUT2D eigenvalue weighted by Crippen LogP contribution is -2.48. The molecule has 0 saturated carbocycles. The highest BCUT2D eigenvalue weighted by Crippen LogP contribution is 2.35. The highest BCUT2D eigenvalue weighted by Gasteiger charge is 2.51. The minimum atomic E-state index is -4.84. The molecule has 0 radical (unpaired) electrons. The first-order chi connectivity index (χ1) is 15.2. The molecule has 0 bridgehead atoms. The molecule has 33 heavy (non-hydrogen) atoms. The molecule has 0 spiro atoms. The third kappa shape index (κ3) is 4.62. The van der Waals surface area contributed by atoms with Gasteiger partial charge in [-0.1, -0.05) is 0 Å². The molecule has 1 heterocycles. The molecule has 1 aliphatic rings. The second-order valence-corrected chi connectivity index (χ2v) is 9.09. The van der Waals surface area contributed by atoms with E-state index in [4.69, 9.17) is 10.00 Å². The Morgan fingerprint density at radius 1 is 1.15 bits per heavy atom. The number of nitrogens with zero attached hydrogens (tertiary/aromatic N) is 2. The predicted molar refractivity (Wildman–Crippen MR) is 97.7 cm³/mol. The van der Waals surface area contributed by atoms with Gasteiger partial charge in [-0.25, -0.2) is 21.6 Å². The number of hydrogen-bond donors (Lipinski definition) is 2. The van der Waals surface area contributed by atoms with Gasteiger partial charge in [0, 0.05) is 18.7 Å². The first kappa shape index (κ1) is 24.8. The minimum Gasteiger partial charge on any atom is -0.483 e. The summed E-state index contributed by atoms with van der Waals surface area (Å²) in [6.45, 7) is -2.72. The summed E-state index contributed by atoms with van der Waals surface area (Å²) in [5.41, 5.74) is -4.43. The molecule has 14 heteroatoms. The summed E-state index contributed by atoms with van der Waals surface area (Å²) in [5.74, 6) is -5.27. The van der Waals surface area contributed by atoms with E-state index in [2.05, 4.69) is 0 Å². The number of nitriles is 1. The van der Waals surface area contributed by atoms with Crippen molar-refractivity contribution in [3.63, 3.8) is 0 Å². The van der Waals surface area contributed by atoms with Crippen molar-refractivity contribution >= 4 is 10.0 Å². The Morgan fingerprint density at radius 2 is 1.79 bits per heavy atom. The fraction of sp³-hybridized carbons (Fsp3) is 0.316. The molecule has 7 nitrogen and oxygen atoms in total. The number of rotatable bonds is 5. The van der Waals surface area contributed by atoms with Crippen LogP contribution in [0.5, 0.6) is 5.75 Å². The second kappa shape index (κ2) is 8.49. The van der Waals surface area contributed by atoms with Gasteiger partial charge in [-0.15, -0.1) is 0 Å². The van der Waals surface area contributed by atoms with Gasteiger partial charge in [0.2, 0.25) is 10.0 Å². The molecule has 1 aliphatic heterocycles. The maximum atomic E-state index is 13.9. The number of hydrogen-bond acceptors (Lipinski definition) is 6. The maximum absolute atomic E-state index is 13.9. The number of aliphatic hydroxyl groups excluding tert-OH is 1. The number of benzene rings is 2. The van der Waals surface area contributed by atoms with Crippen molar-refractivity contribution in [3.05, 3.63) is 58.9 Å². The lowest BCUT2D eigenvalue weighted by Gasteiger charge is -2.27. The largest absolute Gasteiger partial charge is 0.483 e. The third-order valence-electron chi connectivity index (χ3n) is 4.98. The Labute approximate surface area is 183 Å². The van der Waals surface area contributed by atoms with E-state index in [1.807, 2.05) is 0 Å². The van der Waals surface area contributed by atoms with Crippen LogP contribution in [0, 0.1) is 28.8 Å². The Kier molecular flexibility index (Phi) is 6.37. The van der Waals surface area contributed by atoms with E-state index in [-0.39, 0.29) is 6.07 Å². The Morgan fingerprint density at radius 3 is 2.36 bits per heavy atom. The molecule has 1 saturated heterocycles. The normalized spacial score (nSPS) is 21.7. The quantitative estimate of drug-likeness (QED) is 0.485. The van der Waals surface area contributed by atoms with E-state index in [1.165, 1.54) is 6.07 Å². The van der Waals surface area contributed by atoms with Crippen LogP contribution >= 0.6 is 0 Å². The van der Waals surface area contributed by atoms with Gasteiger partial charge < -0.3 is 14.9 Å². The first-order valence-electron chi connectivity index (χ1n) is 8.99. The smallest absolute Gasteiger partial charge is 0.416 e. The molecule has 0 aliphatic carbocycles. The molecular formula is C19H14F6N2O5S. The van der Waals surface area contributed by atoms with Gasteiger partial charge in [0.1, 0.15) is 17.8 Å². The zero-order valence-corrected chi connectivity index (χ0v) is 17.1. The fourth-order valence-electron chi connectivity index (χ4n) is 3.21. The summed E-state index contributed by atoms with van der Waals surface area (Å²) in [4.78, 5) is -0.807. The van der Waals surface area contributed by atoms with E-state index in [0.29, 0.717) is 28.6 Å². The molecule has 0 aromatic heterocycles. The van der Waals surface area contributed by atoms with Crippen LogP contribution in [-0.4, -0.2) is 54.3 Å². The summed E-state index contributed by atoms with van der Waals surface area (Å²) in [7, 11) is -4.71. The Hall–Kier alpha value is -2.86. The van der Waals surface area contributed by atoms with Crippen LogP contribution in [0.4, 0.5) is 26.3 Å². The van der Waals surface area contributed by atoms with E-state index in [1.54, 1.807) is 0 Å². The van der Waals surface area contributed by atoms with Crippen molar-refractivity contribution in [2.75, 3.05) is 19.7 Å². The molecule has 2 aromatic carbocycles. The second-order valence-electron chi connectivity index (χ2n) is 7.18. The van der Waals surface area contributed by atoms with Crippen molar-refractivity contribution in [1.29, 1.82) is 5.26 Å². The van der Waals surface area contributed by atoms with Crippen molar-refractivity contribution < 1.29 is 49.7 Å². The van der Waals surface area contributed by atoms with Crippen LogP contribution in [-0.2, 0) is 16.2 Å². The van der Waals surface area contributed by atoms with Gasteiger partial charge in [0.25, 0.3) is 0 Å². The van der Waals surface area contributed by atoms with E-state index >= 15 is 0 Å². The van der Waals surface area contributed by atoms with Gasteiger partial charge in [-0.2, -0.15) is 22.7 Å². The van der Waals surface area contributed by atoms with E-state index in [0.717, 1.165) is 0 Å². The van der Waals surface area contributed by atoms with Crippen molar-refractivity contribution in [2.45, 2.75) is 22.8 Å². The van der Waals surface area contributed by atoms with Gasteiger partial charge >= 0.3 is 6.18 Å². The zero-order chi connectivity index (χ0) is 24.8. The summed E-state index contributed by atoms with van der Waals surface area (Å²) in [5, 5.41) is 29.3. The molecule has 3 rings (SSSR count). The van der Waals surface area contributed by atoms with E-state index < -0.39 is 86.8 Å². The lowest BCUT2D eigenvalue weighted by molar-refractivity contribution is -0.137. The molecule has 2 N–H and O–H groups in total. The van der Waals surface area contributed by atoms with Crippen molar-refractivity contribution in [2.24, 2.45) is 0 Å². The predicted octanol–water partition coefficient (Wildman–Crippen LogP) is 2.17.